The van der Waals surface area contributed by atoms with Crippen LogP contribution in [0.2, 0.25) is 0 Å². The Labute approximate surface area is 103 Å². The maximum absolute atomic E-state index is 13.5. The van der Waals surface area contributed by atoms with Crippen LogP contribution in [0.1, 0.15) is 6.92 Å². The van der Waals surface area contributed by atoms with Gasteiger partial charge < -0.3 is 10.2 Å². The molecule has 0 radical (unpaired) electrons. The van der Waals surface area contributed by atoms with Crippen molar-refractivity contribution in [2.45, 2.75) is 13.0 Å². The van der Waals surface area contributed by atoms with Crippen LogP contribution in [0.5, 0.6) is 0 Å². The molecule has 16 heavy (non-hydrogen) atoms. The van der Waals surface area contributed by atoms with Crippen molar-refractivity contribution in [2.75, 3.05) is 19.4 Å². The maximum Gasteiger partial charge on any atom is 0.244 e. The largest absolute Gasteiger partial charge is 0.371 e. The molecule has 0 aliphatic carbocycles. The summed E-state index contributed by atoms with van der Waals surface area (Å²) in [6, 6.07) is 4.20. The van der Waals surface area contributed by atoms with E-state index in [0.717, 1.165) is 0 Å². The molecule has 1 aromatic rings. The van der Waals surface area contributed by atoms with Crippen LogP contribution < -0.4 is 5.32 Å². The Morgan fingerprint density at radius 3 is 2.62 bits per heavy atom. The molecule has 1 unspecified atom stereocenters. The Morgan fingerprint density at radius 2 is 2.12 bits per heavy atom. The first-order valence-electron chi connectivity index (χ1n) is 4.85. The number of carbonyl (C=O) groups excluding carboxylic acids is 1. The molecule has 88 valence electrons. The van der Waals surface area contributed by atoms with Gasteiger partial charge >= 0.3 is 0 Å². The summed E-state index contributed by atoms with van der Waals surface area (Å²) in [4.78, 5) is 13.1. The molecule has 0 spiro atoms. The SMILES string of the molecule is CC(Nc1c(F)cccc1Br)C(=O)N(C)C. The minimum absolute atomic E-state index is 0.102. The number of hydrogen-bond donors (Lipinski definition) is 1. The van der Waals surface area contributed by atoms with Crippen LogP contribution in [0.4, 0.5) is 10.1 Å². The zero-order valence-corrected chi connectivity index (χ0v) is 11.0. The number of amides is 1. The molecule has 0 fully saturated rings. The molecule has 1 atom stereocenters. The number of para-hydroxylation sites is 1. The van der Waals surface area contributed by atoms with Crippen molar-refractivity contribution in [3.8, 4) is 0 Å². The Balaban J connectivity index is 2.85. The van der Waals surface area contributed by atoms with Crippen LogP contribution in [0.15, 0.2) is 22.7 Å². The third kappa shape index (κ3) is 2.95. The summed E-state index contributed by atoms with van der Waals surface area (Å²) >= 11 is 3.23. The highest BCUT2D eigenvalue weighted by Gasteiger charge is 2.17. The molecule has 0 heterocycles. The monoisotopic (exact) mass is 288 g/mol. The summed E-state index contributed by atoms with van der Waals surface area (Å²) in [6.07, 6.45) is 0. The van der Waals surface area contributed by atoms with E-state index in [1.807, 2.05) is 0 Å². The average Bonchev–Trinajstić information content (AvgIpc) is 2.22. The molecule has 0 bridgehead atoms. The van der Waals surface area contributed by atoms with Crippen molar-refractivity contribution in [3.05, 3.63) is 28.5 Å². The van der Waals surface area contributed by atoms with Gasteiger partial charge in [0, 0.05) is 18.6 Å². The molecule has 0 saturated carbocycles. The van der Waals surface area contributed by atoms with Crippen molar-refractivity contribution in [1.82, 2.24) is 4.90 Å². The molecule has 1 amide bonds. The highest BCUT2D eigenvalue weighted by Crippen LogP contribution is 2.25. The summed E-state index contributed by atoms with van der Waals surface area (Å²) < 4.78 is 14.1. The van der Waals surface area contributed by atoms with E-state index in [-0.39, 0.29) is 11.7 Å². The maximum atomic E-state index is 13.5. The molecule has 1 N–H and O–H groups in total. The van der Waals surface area contributed by atoms with E-state index in [4.69, 9.17) is 0 Å². The summed E-state index contributed by atoms with van der Waals surface area (Å²) in [5.41, 5.74) is 0.310. The van der Waals surface area contributed by atoms with Crippen LogP contribution >= 0.6 is 15.9 Å². The molecule has 1 aromatic carbocycles. The second kappa shape index (κ2) is 5.30. The van der Waals surface area contributed by atoms with E-state index in [1.54, 1.807) is 33.2 Å². The standard InChI is InChI=1S/C11H14BrFN2O/c1-7(11(16)15(2)3)14-10-8(12)5-4-6-9(10)13/h4-7,14H,1-3H3. The van der Waals surface area contributed by atoms with E-state index in [2.05, 4.69) is 21.2 Å². The molecule has 0 aliphatic rings. The van der Waals surface area contributed by atoms with Crippen LogP contribution in [-0.2, 0) is 4.79 Å². The van der Waals surface area contributed by atoms with Crippen molar-refractivity contribution >= 4 is 27.5 Å². The van der Waals surface area contributed by atoms with Gasteiger partial charge in [0.15, 0.2) is 0 Å². The zero-order chi connectivity index (χ0) is 12.3. The minimum Gasteiger partial charge on any atom is -0.371 e. The van der Waals surface area contributed by atoms with Gasteiger partial charge in [-0.1, -0.05) is 6.07 Å². The van der Waals surface area contributed by atoms with Crippen LogP contribution in [0.3, 0.4) is 0 Å². The Kier molecular flexibility index (Phi) is 4.29. The fourth-order valence-corrected chi connectivity index (χ4v) is 1.76. The van der Waals surface area contributed by atoms with Crippen molar-refractivity contribution in [1.29, 1.82) is 0 Å². The van der Waals surface area contributed by atoms with E-state index in [9.17, 15) is 9.18 Å². The molecule has 5 heteroatoms. The first-order valence-corrected chi connectivity index (χ1v) is 5.64. The number of likely N-dealkylation sites (N-methyl/N-ethyl adjacent to an activating group) is 1. The topological polar surface area (TPSA) is 32.3 Å². The Hall–Kier alpha value is -1.10. The van der Waals surface area contributed by atoms with Crippen LogP contribution in [0.25, 0.3) is 0 Å². The van der Waals surface area contributed by atoms with Crippen molar-refractivity contribution in [3.63, 3.8) is 0 Å². The molecule has 0 aliphatic heterocycles. The molecule has 0 saturated heterocycles. The van der Waals surface area contributed by atoms with Gasteiger partial charge in [0.2, 0.25) is 5.91 Å². The number of carbonyl (C=O) groups is 1. The zero-order valence-electron chi connectivity index (χ0n) is 9.42. The number of anilines is 1. The Bertz CT molecular complexity index is 375. The quantitative estimate of drug-likeness (QED) is 0.927. The lowest BCUT2D eigenvalue weighted by Gasteiger charge is -2.19. The molecule has 3 nitrogen and oxygen atoms in total. The summed E-state index contributed by atoms with van der Waals surface area (Å²) in [5.74, 6) is -0.483. The van der Waals surface area contributed by atoms with Crippen LogP contribution in [-0.4, -0.2) is 30.9 Å². The fraction of sp³-hybridized carbons (Fsp3) is 0.364. The number of benzene rings is 1. The van der Waals surface area contributed by atoms with Gasteiger partial charge in [0.05, 0.1) is 5.69 Å². The lowest BCUT2D eigenvalue weighted by molar-refractivity contribution is -0.129. The number of halogens is 2. The lowest BCUT2D eigenvalue weighted by Crippen LogP contribution is -2.36. The lowest BCUT2D eigenvalue weighted by atomic mass is 10.2. The molecule has 1 rings (SSSR count). The van der Waals surface area contributed by atoms with E-state index in [0.29, 0.717) is 10.2 Å². The van der Waals surface area contributed by atoms with Crippen molar-refractivity contribution in [2.24, 2.45) is 0 Å². The first kappa shape index (κ1) is 13.0. The average molecular weight is 289 g/mol. The van der Waals surface area contributed by atoms with Gasteiger partial charge in [-0.3, -0.25) is 4.79 Å². The number of nitrogens with zero attached hydrogens (tertiary/aromatic N) is 1. The van der Waals surface area contributed by atoms with E-state index in [1.165, 1.54) is 11.0 Å². The van der Waals surface area contributed by atoms with Crippen LogP contribution in [0, 0.1) is 5.82 Å². The second-order valence-electron chi connectivity index (χ2n) is 3.70. The normalized spacial score (nSPS) is 12.1. The molecular weight excluding hydrogens is 275 g/mol. The van der Waals surface area contributed by atoms with Gasteiger partial charge in [-0.05, 0) is 35.0 Å². The predicted molar refractivity (Wildman–Crippen MR) is 65.9 cm³/mol. The highest BCUT2D eigenvalue weighted by molar-refractivity contribution is 9.10. The second-order valence-corrected chi connectivity index (χ2v) is 4.55. The molecule has 0 aromatic heterocycles. The van der Waals surface area contributed by atoms with E-state index >= 15 is 0 Å². The third-order valence-corrected chi connectivity index (χ3v) is 2.80. The number of hydrogen-bond acceptors (Lipinski definition) is 2. The summed E-state index contributed by atoms with van der Waals surface area (Å²) in [7, 11) is 3.33. The minimum atomic E-state index is -0.469. The van der Waals surface area contributed by atoms with E-state index < -0.39 is 6.04 Å². The van der Waals surface area contributed by atoms with Crippen molar-refractivity contribution < 1.29 is 9.18 Å². The van der Waals surface area contributed by atoms with Gasteiger partial charge in [0.1, 0.15) is 11.9 Å². The number of rotatable bonds is 3. The smallest absolute Gasteiger partial charge is 0.244 e. The van der Waals surface area contributed by atoms with Gasteiger partial charge in [0.25, 0.3) is 0 Å². The Morgan fingerprint density at radius 1 is 1.50 bits per heavy atom. The van der Waals surface area contributed by atoms with Gasteiger partial charge in [-0.15, -0.1) is 0 Å². The first-order chi connectivity index (χ1) is 7.43. The fourth-order valence-electron chi connectivity index (χ4n) is 1.30. The third-order valence-electron chi connectivity index (χ3n) is 2.13. The summed E-state index contributed by atoms with van der Waals surface area (Å²) in [6.45, 7) is 1.70. The number of nitrogens with one attached hydrogen (secondary N) is 1. The van der Waals surface area contributed by atoms with Gasteiger partial charge in [-0.25, -0.2) is 4.39 Å². The van der Waals surface area contributed by atoms with Gasteiger partial charge in [-0.2, -0.15) is 0 Å². The highest BCUT2D eigenvalue weighted by atomic mass is 79.9. The molecular formula is C11H14BrFN2O. The summed E-state index contributed by atoms with van der Waals surface area (Å²) in [5, 5.41) is 2.85. The predicted octanol–water partition coefficient (Wildman–Crippen LogP) is 2.48.